The van der Waals surface area contributed by atoms with Gasteiger partial charge in [0.1, 0.15) is 31.0 Å². The number of quaternary nitrogens is 1. The van der Waals surface area contributed by atoms with Crippen molar-refractivity contribution in [2.45, 2.75) is 39.4 Å². The van der Waals surface area contributed by atoms with E-state index in [1.807, 2.05) is 24.3 Å². The zero-order valence-electron chi connectivity index (χ0n) is 13.2. The number of carbonyl (C=O) groups excluding carboxylic acids is 1. The molecule has 0 saturated carbocycles. The highest BCUT2D eigenvalue weighted by atomic mass is 16.5. The van der Waals surface area contributed by atoms with Crippen LogP contribution >= 0.6 is 0 Å². The summed E-state index contributed by atoms with van der Waals surface area (Å²) in [7, 11) is 0. The lowest BCUT2D eigenvalue weighted by Gasteiger charge is -2.32. The number of hydrogen-bond acceptors (Lipinski definition) is 3. The van der Waals surface area contributed by atoms with E-state index >= 15 is 0 Å². The van der Waals surface area contributed by atoms with Crippen LogP contribution in [-0.4, -0.2) is 44.2 Å². The van der Waals surface area contributed by atoms with E-state index in [-0.39, 0.29) is 5.78 Å². The fraction of sp³-hybridized carbons (Fsp3) is 0.588. The number of rotatable bonds is 6. The molecule has 0 amide bonds. The maximum absolute atomic E-state index is 11.2. The van der Waals surface area contributed by atoms with Crippen molar-refractivity contribution in [3.8, 4) is 5.75 Å². The van der Waals surface area contributed by atoms with Crippen LogP contribution in [-0.2, 0) is 4.74 Å². The van der Waals surface area contributed by atoms with E-state index < -0.39 is 0 Å². The summed E-state index contributed by atoms with van der Waals surface area (Å²) >= 11 is 0. The molecule has 4 heteroatoms. The molecule has 116 valence electrons. The fourth-order valence-corrected chi connectivity index (χ4v) is 2.89. The molecule has 1 N–H and O–H groups in total. The van der Waals surface area contributed by atoms with Crippen molar-refractivity contribution in [1.82, 2.24) is 0 Å². The van der Waals surface area contributed by atoms with Crippen LogP contribution in [0.1, 0.15) is 37.6 Å². The summed E-state index contributed by atoms with van der Waals surface area (Å²) in [5.74, 6) is 0.916. The van der Waals surface area contributed by atoms with Gasteiger partial charge >= 0.3 is 0 Å². The average Bonchev–Trinajstić information content (AvgIpc) is 2.43. The number of hydrogen-bond donors (Lipinski definition) is 1. The first-order valence-electron chi connectivity index (χ1n) is 7.77. The van der Waals surface area contributed by atoms with Crippen molar-refractivity contribution < 1.29 is 19.2 Å². The summed E-state index contributed by atoms with van der Waals surface area (Å²) in [5, 5.41) is 0. The van der Waals surface area contributed by atoms with Crippen LogP contribution in [0.25, 0.3) is 0 Å². The number of benzene rings is 1. The molecule has 1 saturated heterocycles. The van der Waals surface area contributed by atoms with Gasteiger partial charge in [0.2, 0.25) is 0 Å². The third-order valence-electron chi connectivity index (χ3n) is 3.82. The summed E-state index contributed by atoms with van der Waals surface area (Å²) in [6.07, 6.45) is 1.73. The van der Waals surface area contributed by atoms with E-state index in [9.17, 15) is 4.79 Å². The van der Waals surface area contributed by atoms with Crippen molar-refractivity contribution in [3.63, 3.8) is 0 Å². The zero-order chi connectivity index (χ0) is 15.2. The average molecular weight is 292 g/mol. The van der Waals surface area contributed by atoms with Crippen molar-refractivity contribution in [1.29, 1.82) is 0 Å². The lowest BCUT2D eigenvalue weighted by molar-refractivity contribution is -0.915. The van der Waals surface area contributed by atoms with Gasteiger partial charge in [-0.05, 0) is 45.0 Å². The molecule has 1 aromatic carbocycles. The first kappa shape index (κ1) is 16.0. The molecule has 0 radical (unpaired) electrons. The molecule has 1 unspecified atom stereocenters. The second-order valence-corrected chi connectivity index (χ2v) is 5.95. The molecule has 1 aromatic rings. The largest absolute Gasteiger partial charge is 0.493 e. The highest BCUT2D eigenvalue weighted by Crippen LogP contribution is 2.12. The van der Waals surface area contributed by atoms with Crippen molar-refractivity contribution in [2.24, 2.45) is 0 Å². The predicted molar refractivity (Wildman–Crippen MR) is 82.1 cm³/mol. The molecule has 0 aromatic heterocycles. The number of carbonyl (C=O) groups is 1. The summed E-state index contributed by atoms with van der Waals surface area (Å²) < 4.78 is 11.5. The molecule has 4 nitrogen and oxygen atoms in total. The molecule has 2 rings (SSSR count). The molecule has 0 bridgehead atoms. The van der Waals surface area contributed by atoms with E-state index in [4.69, 9.17) is 9.47 Å². The quantitative estimate of drug-likeness (QED) is 0.635. The second-order valence-electron chi connectivity index (χ2n) is 5.95. The van der Waals surface area contributed by atoms with Crippen LogP contribution in [0.3, 0.4) is 0 Å². The minimum absolute atomic E-state index is 0.0840. The number of ketones is 1. The Morgan fingerprint density at radius 3 is 2.43 bits per heavy atom. The maximum Gasteiger partial charge on any atom is 0.159 e. The first-order valence-corrected chi connectivity index (χ1v) is 7.77. The second kappa shape index (κ2) is 7.57. The summed E-state index contributed by atoms with van der Waals surface area (Å²) in [6.45, 7) is 9.85. The normalized spacial score (nSPS) is 25.6. The minimum atomic E-state index is 0.0840. The van der Waals surface area contributed by atoms with E-state index in [1.54, 1.807) is 11.8 Å². The van der Waals surface area contributed by atoms with Crippen LogP contribution in [0.4, 0.5) is 0 Å². The van der Waals surface area contributed by atoms with E-state index in [0.717, 1.165) is 37.4 Å². The SMILES string of the molecule is CC(=O)c1ccc(OCCC[NH+]2C[C@@H](C)O[C@@H](C)C2)cc1. The number of nitrogens with one attached hydrogen (secondary N) is 1. The monoisotopic (exact) mass is 292 g/mol. The van der Waals surface area contributed by atoms with Gasteiger partial charge < -0.3 is 14.4 Å². The Balaban J connectivity index is 1.68. The molecule has 1 aliphatic rings. The first-order chi connectivity index (χ1) is 10.0. The Hall–Kier alpha value is -1.39. The van der Waals surface area contributed by atoms with Gasteiger partial charge in [0, 0.05) is 12.0 Å². The Morgan fingerprint density at radius 2 is 1.86 bits per heavy atom. The van der Waals surface area contributed by atoms with Crippen LogP contribution in [0.5, 0.6) is 5.75 Å². The highest BCUT2D eigenvalue weighted by Gasteiger charge is 2.24. The summed E-state index contributed by atoms with van der Waals surface area (Å²) in [4.78, 5) is 12.8. The number of Topliss-reactive ketones (excluding diaryl/α,β-unsaturated/α-hetero) is 1. The zero-order valence-corrected chi connectivity index (χ0v) is 13.2. The smallest absolute Gasteiger partial charge is 0.159 e. The van der Waals surface area contributed by atoms with Gasteiger partial charge in [-0.25, -0.2) is 0 Å². The van der Waals surface area contributed by atoms with Crippen LogP contribution < -0.4 is 9.64 Å². The van der Waals surface area contributed by atoms with Gasteiger partial charge in [0.15, 0.2) is 5.78 Å². The lowest BCUT2D eigenvalue weighted by atomic mass is 10.1. The predicted octanol–water partition coefficient (Wildman–Crippen LogP) is 1.35. The Labute approximate surface area is 127 Å². The summed E-state index contributed by atoms with van der Waals surface area (Å²) in [5.41, 5.74) is 0.725. The van der Waals surface area contributed by atoms with Crippen molar-refractivity contribution >= 4 is 5.78 Å². The van der Waals surface area contributed by atoms with Gasteiger partial charge in [0.05, 0.1) is 13.2 Å². The van der Waals surface area contributed by atoms with Crippen molar-refractivity contribution in [2.75, 3.05) is 26.2 Å². The Bertz CT molecular complexity index is 448. The van der Waals surface area contributed by atoms with Crippen LogP contribution in [0, 0.1) is 0 Å². The molecule has 1 aliphatic heterocycles. The third kappa shape index (κ3) is 5.14. The fourth-order valence-electron chi connectivity index (χ4n) is 2.89. The molecular weight excluding hydrogens is 266 g/mol. The molecule has 3 atom stereocenters. The molecular formula is C17H26NO3+. The third-order valence-corrected chi connectivity index (χ3v) is 3.82. The number of ether oxygens (including phenoxy) is 2. The molecule has 1 heterocycles. The van der Waals surface area contributed by atoms with Crippen LogP contribution in [0.2, 0.25) is 0 Å². The highest BCUT2D eigenvalue weighted by molar-refractivity contribution is 5.94. The van der Waals surface area contributed by atoms with Gasteiger partial charge in [-0.2, -0.15) is 0 Å². The van der Waals surface area contributed by atoms with Gasteiger partial charge in [-0.15, -0.1) is 0 Å². The van der Waals surface area contributed by atoms with Crippen LogP contribution in [0.15, 0.2) is 24.3 Å². The minimum Gasteiger partial charge on any atom is -0.493 e. The Kier molecular flexibility index (Phi) is 5.76. The molecule has 21 heavy (non-hydrogen) atoms. The maximum atomic E-state index is 11.2. The van der Waals surface area contributed by atoms with Crippen molar-refractivity contribution in [3.05, 3.63) is 29.8 Å². The topological polar surface area (TPSA) is 40.0 Å². The number of morpholine rings is 1. The molecule has 0 spiro atoms. The Morgan fingerprint density at radius 1 is 1.24 bits per heavy atom. The van der Waals surface area contributed by atoms with Gasteiger partial charge in [0.25, 0.3) is 0 Å². The van der Waals surface area contributed by atoms with E-state index in [0.29, 0.717) is 18.8 Å². The van der Waals surface area contributed by atoms with E-state index in [1.165, 1.54) is 0 Å². The summed E-state index contributed by atoms with van der Waals surface area (Å²) in [6, 6.07) is 7.35. The standard InChI is InChI=1S/C17H25NO3/c1-13-11-18(12-14(2)21-13)9-4-10-20-17-7-5-16(6-8-17)15(3)19/h5-8,13-14H,4,9-12H2,1-3H3/p+1/t13-,14+. The van der Waals surface area contributed by atoms with Gasteiger partial charge in [-0.1, -0.05) is 0 Å². The molecule has 1 fully saturated rings. The molecule has 0 aliphatic carbocycles. The van der Waals surface area contributed by atoms with Gasteiger partial charge in [-0.3, -0.25) is 4.79 Å². The van der Waals surface area contributed by atoms with E-state index in [2.05, 4.69) is 13.8 Å². The lowest BCUT2D eigenvalue weighted by Crippen LogP contribution is -3.15.